The van der Waals surface area contributed by atoms with Crippen molar-refractivity contribution in [1.82, 2.24) is 28.9 Å². The molecule has 144 valence electrons. The lowest BCUT2D eigenvalue weighted by molar-refractivity contribution is -0.141. The lowest BCUT2D eigenvalue weighted by atomic mass is 10.2. The molecule has 0 fully saturated rings. The Bertz CT molecular complexity index is 1180. The van der Waals surface area contributed by atoms with Gasteiger partial charge in [0, 0.05) is 25.6 Å². The number of hydrogen-bond donors (Lipinski definition) is 0. The van der Waals surface area contributed by atoms with Gasteiger partial charge in [-0.15, -0.1) is 0 Å². The molecule has 2 aromatic rings. The molecule has 0 bridgehead atoms. The van der Waals surface area contributed by atoms with Crippen molar-refractivity contribution in [3.63, 3.8) is 0 Å². The van der Waals surface area contributed by atoms with Gasteiger partial charge in [0.2, 0.25) is 0 Å². The van der Waals surface area contributed by atoms with Gasteiger partial charge in [-0.3, -0.25) is 9.25 Å². The second-order valence-corrected chi connectivity index (χ2v) is 6.49. The van der Waals surface area contributed by atoms with Crippen molar-refractivity contribution in [3.8, 4) is 17.2 Å². The van der Waals surface area contributed by atoms with E-state index in [4.69, 9.17) is 11.6 Å². The Labute approximate surface area is 161 Å². The fourth-order valence-corrected chi connectivity index (χ4v) is 3.08. The summed E-state index contributed by atoms with van der Waals surface area (Å²) in [5.41, 5.74) is -1.30. The molecule has 2 aromatic heterocycles. The standard InChI is InChI=1S/C17H12ClF3N6O/c1-25-9-12(14(24-25)17(19,20)21)27-11-3-2-6-26(15(11)23-16(27)28)8-10-4-5-13(18)22-7-10/h2-7,9H,8H2,1H3. The fraction of sp³-hybridized carbons (Fsp3) is 0.176. The SMILES string of the molecule is Cn1cc(-n2c3cccn(Cc4ccc(Cl)nc4)c-3nc2=O)c(C(F)(F)F)n1. The van der Waals surface area contributed by atoms with Crippen LogP contribution < -0.4 is 5.69 Å². The summed E-state index contributed by atoms with van der Waals surface area (Å²) >= 11 is 5.78. The summed E-state index contributed by atoms with van der Waals surface area (Å²) in [6, 6.07) is 6.56. The minimum absolute atomic E-state index is 0.243. The van der Waals surface area contributed by atoms with Crippen LogP contribution in [0.25, 0.3) is 17.2 Å². The lowest BCUT2D eigenvalue weighted by Gasteiger charge is -2.13. The molecule has 0 unspecified atom stereocenters. The monoisotopic (exact) mass is 408 g/mol. The minimum Gasteiger partial charge on any atom is -0.327 e. The van der Waals surface area contributed by atoms with Gasteiger partial charge in [-0.25, -0.2) is 9.78 Å². The van der Waals surface area contributed by atoms with E-state index in [1.165, 1.54) is 13.1 Å². The van der Waals surface area contributed by atoms with Gasteiger partial charge in [0.15, 0.2) is 11.5 Å². The Hall–Kier alpha value is -3.14. The molecule has 7 nitrogen and oxygen atoms in total. The van der Waals surface area contributed by atoms with Crippen LogP contribution in [0.3, 0.4) is 0 Å². The van der Waals surface area contributed by atoms with E-state index in [1.54, 1.807) is 35.2 Å². The van der Waals surface area contributed by atoms with Crippen molar-refractivity contribution in [1.29, 1.82) is 0 Å². The van der Waals surface area contributed by atoms with Gasteiger partial charge in [-0.1, -0.05) is 17.7 Å². The van der Waals surface area contributed by atoms with Gasteiger partial charge in [0.1, 0.15) is 10.8 Å². The van der Waals surface area contributed by atoms with E-state index < -0.39 is 17.6 Å². The minimum atomic E-state index is -4.71. The number of aromatic nitrogens is 6. The smallest absolute Gasteiger partial charge is 0.327 e. The van der Waals surface area contributed by atoms with Crippen molar-refractivity contribution >= 4 is 11.6 Å². The topological polar surface area (TPSA) is 70.5 Å². The Morgan fingerprint density at radius 3 is 2.68 bits per heavy atom. The molecule has 4 rings (SSSR count). The van der Waals surface area contributed by atoms with Gasteiger partial charge in [0.05, 0.1) is 12.2 Å². The summed E-state index contributed by atoms with van der Waals surface area (Å²) in [7, 11) is 1.36. The second-order valence-electron chi connectivity index (χ2n) is 6.10. The van der Waals surface area contributed by atoms with Crippen LogP contribution in [0.1, 0.15) is 11.3 Å². The summed E-state index contributed by atoms with van der Waals surface area (Å²) in [6.07, 6.45) is -0.307. The number of rotatable bonds is 3. The third-order valence-electron chi connectivity index (χ3n) is 4.12. The van der Waals surface area contributed by atoms with Crippen LogP contribution in [-0.4, -0.2) is 28.9 Å². The molecular formula is C17H12ClF3N6O. The molecule has 0 saturated carbocycles. The molecule has 0 spiro atoms. The molecule has 0 atom stereocenters. The highest BCUT2D eigenvalue weighted by Gasteiger charge is 2.39. The summed E-state index contributed by atoms with van der Waals surface area (Å²) in [6.45, 7) is 0.317. The fourth-order valence-electron chi connectivity index (χ4n) is 2.97. The van der Waals surface area contributed by atoms with Crippen molar-refractivity contribution in [3.05, 3.63) is 69.8 Å². The molecule has 0 amide bonds. The Morgan fingerprint density at radius 1 is 1.21 bits per heavy atom. The number of alkyl halides is 3. The second kappa shape index (κ2) is 6.48. The first-order valence-electron chi connectivity index (χ1n) is 8.03. The average molecular weight is 409 g/mol. The van der Waals surface area contributed by atoms with Crippen LogP contribution in [0.15, 0.2) is 47.7 Å². The average Bonchev–Trinajstić information content (AvgIpc) is 3.16. The van der Waals surface area contributed by atoms with Crippen molar-refractivity contribution < 1.29 is 13.2 Å². The van der Waals surface area contributed by atoms with E-state index in [0.717, 1.165) is 21.0 Å². The largest absolute Gasteiger partial charge is 0.437 e. The number of halogens is 4. The lowest BCUT2D eigenvalue weighted by Crippen LogP contribution is -2.18. The highest BCUT2D eigenvalue weighted by molar-refractivity contribution is 6.29. The maximum Gasteiger partial charge on any atom is 0.437 e. The van der Waals surface area contributed by atoms with Crippen LogP contribution in [0.4, 0.5) is 13.2 Å². The first kappa shape index (κ1) is 18.2. The number of imidazole rings is 1. The van der Waals surface area contributed by atoms with E-state index in [0.29, 0.717) is 11.7 Å². The molecule has 0 N–H and O–H groups in total. The normalized spacial score (nSPS) is 12.0. The third kappa shape index (κ3) is 3.15. The zero-order valence-electron chi connectivity index (χ0n) is 14.4. The van der Waals surface area contributed by atoms with Crippen LogP contribution >= 0.6 is 11.6 Å². The summed E-state index contributed by atoms with van der Waals surface area (Å²) in [4.78, 5) is 20.4. The van der Waals surface area contributed by atoms with E-state index >= 15 is 0 Å². The first-order valence-corrected chi connectivity index (χ1v) is 8.41. The van der Waals surface area contributed by atoms with Gasteiger partial charge in [-0.2, -0.15) is 23.3 Å². The predicted molar refractivity (Wildman–Crippen MR) is 94.6 cm³/mol. The number of fused-ring (bicyclic) bond motifs is 1. The molecule has 0 aromatic carbocycles. The number of hydrogen-bond acceptors (Lipinski definition) is 4. The number of pyridine rings is 2. The molecule has 2 aliphatic rings. The van der Waals surface area contributed by atoms with E-state index in [-0.39, 0.29) is 17.2 Å². The van der Waals surface area contributed by atoms with Gasteiger partial charge in [0.25, 0.3) is 0 Å². The van der Waals surface area contributed by atoms with Crippen LogP contribution in [-0.2, 0) is 19.8 Å². The van der Waals surface area contributed by atoms with Crippen LogP contribution in [0.2, 0.25) is 5.15 Å². The molecule has 0 saturated heterocycles. The predicted octanol–water partition coefficient (Wildman–Crippen LogP) is 2.99. The van der Waals surface area contributed by atoms with Crippen molar-refractivity contribution in [2.45, 2.75) is 12.7 Å². The Morgan fingerprint density at radius 2 is 2.00 bits per heavy atom. The highest BCUT2D eigenvalue weighted by Crippen LogP contribution is 2.34. The molecule has 2 aliphatic heterocycles. The van der Waals surface area contributed by atoms with E-state index in [9.17, 15) is 18.0 Å². The molecule has 4 heterocycles. The quantitative estimate of drug-likeness (QED) is 0.489. The number of aryl methyl sites for hydroxylation is 1. The van der Waals surface area contributed by atoms with Crippen molar-refractivity contribution in [2.75, 3.05) is 0 Å². The van der Waals surface area contributed by atoms with Gasteiger partial charge < -0.3 is 4.57 Å². The highest BCUT2D eigenvalue weighted by atomic mass is 35.5. The van der Waals surface area contributed by atoms with Gasteiger partial charge >= 0.3 is 11.9 Å². The zero-order chi connectivity index (χ0) is 20.1. The van der Waals surface area contributed by atoms with Crippen LogP contribution in [0, 0.1) is 0 Å². The molecule has 11 heteroatoms. The van der Waals surface area contributed by atoms with E-state index in [2.05, 4.69) is 15.1 Å². The van der Waals surface area contributed by atoms with Crippen LogP contribution in [0.5, 0.6) is 0 Å². The van der Waals surface area contributed by atoms with Gasteiger partial charge in [-0.05, 0) is 23.8 Å². The maximum absolute atomic E-state index is 13.4. The van der Waals surface area contributed by atoms with E-state index in [1.807, 2.05) is 0 Å². The first-order chi connectivity index (χ1) is 13.2. The third-order valence-corrected chi connectivity index (χ3v) is 4.34. The maximum atomic E-state index is 13.4. The summed E-state index contributed by atoms with van der Waals surface area (Å²) in [5.74, 6) is 0.249. The summed E-state index contributed by atoms with van der Waals surface area (Å²) < 4.78 is 43.6. The Balaban J connectivity index is 1.83. The molecule has 0 radical (unpaired) electrons. The van der Waals surface area contributed by atoms with Crippen molar-refractivity contribution in [2.24, 2.45) is 7.05 Å². The Kier molecular flexibility index (Phi) is 4.22. The zero-order valence-corrected chi connectivity index (χ0v) is 15.1. The molecule has 28 heavy (non-hydrogen) atoms. The summed E-state index contributed by atoms with van der Waals surface area (Å²) in [5, 5.41) is 3.80. The molecule has 0 aliphatic carbocycles. The number of nitrogens with zero attached hydrogens (tertiary/aromatic N) is 6. The molecular weight excluding hydrogens is 397 g/mol.